The number of carbonyl (C=O) groups is 3. The van der Waals surface area contributed by atoms with Crippen LogP contribution in [0.15, 0.2) is 0 Å². The summed E-state index contributed by atoms with van der Waals surface area (Å²) in [6, 6.07) is 0. The molecule has 0 spiro atoms. The molecule has 0 saturated carbocycles. The number of carboxylic acid groups (broad SMARTS) is 1. The molecule has 3 N–H and O–H groups in total. The third-order valence-electron chi connectivity index (χ3n) is 2.02. The van der Waals surface area contributed by atoms with Crippen LogP contribution in [0.1, 0.15) is 12.8 Å². The number of hydrogen-bond donors (Lipinski definition) is 3. The van der Waals surface area contributed by atoms with E-state index < -0.39 is 5.97 Å². The van der Waals surface area contributed by atoms with Gasteiger partial charge in [-0.3, -0.25) is 14.4 Å². The molecule has 0 rings (SSSR count). The monoisotopic (exact) mass is 276 g/mol. The summed E-state index contributed by atoms with van der Waals surface area (Å²) in [5, 5.41) is 13.3. The molecule has 0 aromatic rings. The van der Waals surface area contributed by atoms with Crippen molar-refractivity contribution in [2.75, 3.05) is 40.0 Å². The molecule has 19 heavy (non-hydrogen) atoms. The van der Waals surface area contributed by atoms with E-state index in [2.05, 4.69) is 10.6 Å². The van der Waals surface area contributed by atoms with Crippen LogP contribution >= 0.6 is 0 Å². The standard InChI is InChI=1S/C11H20N2O6/c1-12-10(15)8-19-7-6-18-5-4-13-9(14)2-3-11(16)17/h2-8H2,1H3,(H,12,15)(H,13,14)(H,16,17). The van der Waals surface area contributed by atoms with Gasteiger partial charge in [0, 0.05) is 20.0 Å². The van der Waals surface area contributed by atoms with Crippen molar-refractivity contribution in [2.24, 2.45) is 0 Å². The first kappa shape index (κ1) is 17.3. The number of amides is 2. The predicted octanol–water partition coefficient (Wildman–Crippen LogP) is -1.25. The summed E-state index contributed by atoms with van der Waals surface area (Å²) in [6.45, 7) is 1.23. The van der Waals surface area contributed by atoms with Crippen LogP contribution in [-0.2, 0) is 23.9 Å². The first-order valence-corrected chi connectivity index (χ1v) is 5.90. The van der Waals surface area contributed by atoms with Crippen molar-refractivity contribution in [3.63, 3.8) is 0 Å². The summed E-state index contributed by atoms with van der Waals surface area (Å²) in [5.74, 6) is -1.52. The van der Waals surface area contributed by atoms with Crippen molar-refractivity contribution in [1.82, 2.24) is 10.6 Å². The maximum atomic E-state index is 11.1. The molecule has 0 atom stereocenters. The number of nitrogens with one attached hydrogen (secondary N) is 2. The number of aliphatic carboxylic acids is 1. The summed E-state index contributed by atoms with van der Waals surface area (Å²) < 4.78 is 10.1. The molecule has 0 unspecified atom stereocenters. The van der Waals surface area contributed by atoms with Crippen LogP contribution in [0, 0.1) is 0 Å². The number of carboxylic acids is 1. The minimum atomic E-state index is -1.00. The summed E-state index contributed by atoms with van der Waals surface area (Å²) >= 11 is 0. The van der Waals surface area contributed by atoms with Gasteiger partial charge in [-0.25, -0.2) is 0 Å². The molecular formula is C11H20N2O6. The maximum absolute atomic E-state index is 11.1. The Morgan fingerprint density at radius 1 is 1.00 bits per heavy atom. The molecule has 0 aromatic carbocycles. The van der Waals surface area contributed by atoms with Crippen molar-refractivity contribution >= 4 is 17.8 Å². The third kappa shape index (κ3) is 12.6. The Morgan fingerprint density at radius 2 is 1.68 bits per heavy atom. The number of hydrogen-bond acceptors (Lipinski definition) is 5. The molecular weight excluding hydrogens is 256 g/mol. The Morgan fingerprint density at radius 3 is 2.32 bits per heavy atom. The number of carbonyl (C=O) groups excluding carboxylic acids is 2. The Kier molecular flexibility index (Phi) is 10.4. The van der Waals surface area contributed by atoms with E-state index in [0.29, 0.717) is 26.4 Å². The lowest BCUT2D eigenvalue weighted by Gasteiger charge is -2.06. The van der Waals surface area contributed by atoms with E-state index in [9.17, 15) is 14.4 Å². The van der Waals surface area contributed by atoms with Gasteiger partial charge in [-0.05, 0) is 0 Å². The second-order valence-electron chi connectivity index (χ2n) is 3.58. The fourth-order valence-electron chi connectivity index (χ4n) is 1.03. The smallest absolute Gasteiger partial charge is 0.303 e. The Bertz CT molecular complexity index is 295. The van der Waals surface area contributed by atoms with Gasteiger partial charge in [-0.2, -0.15) is 0 Å². The van der Waals surface area contributed by atoms with Crippen molar-refractivity contribution < 1.29 is 29.0 Å². The van der Waals surface area contributed by atoms with Crippen molar-refractivity contribution in [3.05, 3.63) is 0 Å². The van der Waals surface area contributed by atoms with Crippen LogP contribution < -0.4 is 10.6 Å². The number of ether oxygens (including phenoxy) is 2. The average molecular weight is 276 g/mol. The fraction of sp³-hybridized carbons (Fsp3) is 0.727. The molecule has 0 aliphatic carbocycles. The lowest BCUT2D eigenvalue weighted by atomic mass is 10.3. The van der Waals surface area contributed by atoms with E-state index in [4.69, 9.17) is 14.6 Å². The van der Waals surface area contributed by atoms with Crippen LogP contribution in [0.25, 0.3) is 0 Å². The van der Waals surface area contributed by atoms with Gasteiger partial charge in [0.25, 0.3) is 0 Å². The summed E-state index contributed by atoms with van der Waals surface area (Å²) in [6.07, 6.45) is -0.218. The van der Waals surface area contributed by atoms with Gasteiger partial charge in [-0.15, -0.1) is 0 Å². The van der Waals surface area contributed by atoms with Gasteiger partial charge in [-0.1, -0.05) is 0 Å². The molecule has 0 aliphatic rings. The van der Waals surface area contributed by atoms with E-state index >= 15 is 0 Å². The molecule has 0 radical (unpaired) electrons. The predicted molar refractivity (Wildman–Crippen MR) is 65.6 cm³/mol. The highest BCUT2D eigenvalue weighted by molar-refractivity contribution is 5.80. The van der Waals surface area contributed by atoms with Crippen LogP contribution in [0.4, 0.5) is 0 Å². The molecule has 0 fully saturated rings. The van der Waals surface area contributed by atoms with E-state index in [1.807, 2.05) is 0 Å². The quantitative estimate of drug-likeness (QED) is 0.406. The summed E-state index contributed by atoms with van der Waals surface area (Å²) in [5.41, 5.74) is 0. The summed E-state index contributed by atoms with van der Waals surface area (Å²) in [7, 11) is 1.52. The van der Waals surface area contributed by atoms with Gasteiger partial charge in [0.15, 0.2) is 0 Å². The zero-order valence-corrected chi connectivity index (χ0v) is 10.9. The highest BCUT2D eigenvalue weighted by Crippen LogP contribution is 1.88. The van der Waals surface area contributed by atoms with Crippen molar-refractivity contribution in [3.8, 4) is 0 Å². The fourth-order valence-corrected chi connectivity index (χ4v) is 1.03. The molecule has 2 amide bonds. The SMILES string of the molecule is CNC(=O)COCCOCCNC(=O)CCC(=O)O. The summed E-state index contributed by atoms with van der Waals surface area (Å²) in [4.78, 5) is 32.1. The molecule has 8 nitrogen and oxygen atoms in total. The first-order valence-electron chi connectivity index (χ1n) is 5.90. The highest BCUT2D eigenvalue weighted by Gasteiger charge is 2.04. The van der Waals surface area contributed by atoms with Gasteiger partial charge in [0.2, 0.25) is 11.8 Å². The van der Waals surface area contributed by atoms with E-state index in [1.165, 1.54) is 7.05 Å². The maximum Gasteiger partial charge on any atom is 0.303 e. The lowest BCUT2D eigenvalue weighted by Crippen LogP contribution is -2.28. The van der Waals surface area contributed by atoms with E-state index in [1.54, 1.807) is 0 Å². The zero-order valence-electron chi connectivity index (χ0n) is 10.9. The highest BCUT2D eigenvalue weighted by atomic mass is 16.5. The normalized spacial score (nSPS) is 9.95. The zero-order chi connectivity index (χ0) is 14.5. The molecule has 0 aromatic heterocycles. The lowest BCUT2D eigenvalue weighted by molar-refractivity contribution is -0.138. The Hall–Kier alpha value is -1.67. The van der Waals surface area contributed by atoms with Crippen LogP contribution in [0.2, 0.25) is 0 Å². The molecule has 8 heteroatoms. The minimum Gasteiger partial charge on any atom is -0.481 e. The van der Waals surface area contributed by atoms with Gasteiger partial charge < -0.3 is 25.2 Å². The molecule has 0 bridgehead atoms. The van der Waals surface area contributed by atoms with Gasteiger partial charge in [0.1, 0.15) is 6.61 Å². The number of likely N-dealkylation sites (N-methyl/N-ethyl adjacent to an activating group) is 1. The molecule has 0 saturated heterocycles. The molecule has 0 heterocycles. The minimum absolute atomic E-state index is 0.00815. The second-order valence-corrected chi connectivity index (χ2v) is 3.58. The third-order valence-corrected chi connectivity index (χ3v) is 2.02. The number of rotatable bonds is 11. The molecule has 110 valence electrons. The average Bonchev–Trinajstić information content (AvgIpc) is 2.38. The largest absolute Gasteiger partial charge is 0.481 e. The van der Waals surface area contributed by atoms with Crippen LogP contribution in [0.3, 0.4) is 0 Å². The van der Waals surface area contributed by atoms with Gasteiger partial charge >= 0.3 is 5.97 Å². The van der Waals surface area contributed by atoms with Crippen LogP contribution in [-0.4, -0.2) is 62.9 Å². The molecule has 0 aliphatic heterocycles. The topological polar surface area (TPSA) is 114 Å². The van der Waals surface area contributed by atoms with Crippen molar-refractivity contribution in [2.45, 2.75) is 12.8 Å². The van der Waals surface area contributed by atoms with Gasteiger partial charge in [0.05, 0.1) is 26.2 Å². The van der Waals surface area contributed by atoms with E-state index in [-0.39, 0.29) is 31.3 Å². The Balaban J connectivity index is 3.24. The second kappa shape index (κ2) is 11.4. The van der Waals surface area contributed by atoms with Crippen molar-refractivity contribution in [1.29, 1.82) is 0 Å². The van der Waals surface area contributed by atoms with E-state index in [0.717, 1.165) is 0 Å². The van der Waals surface area contributed by atoms with Crippen LogP contribution in [0.5, 0.6) is 0 Å². The first-order chi connectivity index (χ1) is 9.06. The Labute approximate surface area is 111 Å².